The van der Waals surface area contributed by atoms with E-state index in [2.05, 4.69) is 17.4 Å². The van der Waals surface area contributed by atoms with E-state index in [1.807, 2.05) is 13.0 Å². The molecule has 1 amide bonds. The first-order chi connectivity index (χ1) is 8.59. The zero-order valence-corrected chi connectivity index (χ0v) is 10.5. The number of ether oxygens (including phenoxy) is 1. The van der Waals surface area contributed by atoms with Crippen LogP contribution in [0.25, 0.3) is 0 Å². The van der Waals surface area contributed by atoms with Crippen molar-refractivity contribution in [1.82, 2.24) is 0 Å². The molecule has 2 aliphatic rings. The van der Waals surface area contributed by atoms with Crippen LogP contribution in [0.1, 0.15) is 24.5 Å². The number of amides is 1. The smallest absolute Gasteiger partial charge is 0.228 e. The predicted molar refractivity (Wildman–Crippen MR) is 69.5 cm³/mol. The molecule has 18 heavy (non-hydrogen) atoms. The lowest BCUT2D eigenvalue weighted by molar-refractivity contribution is -0.115. The van der Waals surface area contributed by atoms with Crippen LogP contribution in [0.4, 0.5) is 5.69 Å². The molecule has 1 aromatic rings. The molecule has 1 aromatic carbocycles. The molecule has 0 aliphatic carbocycles. The van der Waals surface area contributed by atoms with E-state index in [0.717, 1.165) is 30.9 Å². The molecule has 2 heterocycles. The van der Waals surface area contributed by atoms with Crippen LogP contribution < -0.4 is 11.1 Å². The summed E-state index contributed by atoms with van der Waals surface area (Å²) < 4.78 is 5.40. The Morgan fingerprint density at radius 3 is 2.89 bits per heavy atom. The minimum Gasteiger partial charge on any atom is -0.379 e. The number of hydrogen-bond donors (Lipinski definition) is 2. The van der Waals surface area contributed by atoms with Crippen molar-refractivity contribution in [3.05, 3.63) is 29.3 Å². The second-order valence-electron chi connectivity index (χ2n) is 5.55. The number of hydrogen-bond acceptors (Lipinski definition) is 3. The number of carbonyl (C=O) groups excluding carboxylic acids is 1. The Morgan fingerprint density at radius 1 is 1.50 bits per heavy atom. The lowest BCUT2D eigenvalue weighted by atomic mass is 9.73. The molecule has 1 atom stereocenters. The predicted octanol–water partition coefficient (Wildman–Crippen LogP) is 1.19. The third-order valence-electron chi connectivity index (χ3n) is 3.81. The number of carbonyl (C=O) groups is 1. The molecule has 0 aromatic heterocycles. The molecule has 0 saturated carbocycles. The van der Waals surface area contributed by atoms with Crippen molar-refractivity contribution in [2.24, 2.45) is 5.73 Å². The highest BCUT2D eigenvalue weighted by atomic mass is 16.5. The largest absolute Gasteiger partial charge is 0.379 e. The van der Waals surface area contributed by atoms with Gasteiger partial charge in [-0.05, 0) is 30.5 Å². The van der Waals surface area contributed by atoms with Gasteiger partial charge in [0.25, 0.3) is 0 Å². The fraction of sp³-hybridized carbons (Fsp3) is 0.500. The summed E-state index contributed by atoms with van der Waals surface area (Å²) in [6.07, 6.45) is 1.41. The number of nitrogens with one attached hydrogen (secondary N) is 1. The van der Waals surface area contributed by atoms with Crippen molar-refractivity contribution >= 4 is 11.6 Å². The van der Waals surface area contributed by atoms with E-state index in [-0.39, 0.29) is 17.4 Å². The van der Waals surface area contributed by atoms with Gasteiger partial charge in [-0.2, -0.15) is 0 Å². The van der Waals surface area contributed by atoms with E-state index in [1.54, 1.807) is 0 Å². The first kappa shape index (κ1) is 11.7. The van der Waals surface area contributed by atoms with Gasteiger partial charge in [0.2, 0.25) is 5.91 Å². The van der Waals surface area contributed by atoms with E-state index < -0.39 is 0 Å². The van der Waals surface area contributed by atoms with Crippen molar-refractivity contribution in [1.29, 1.82) is 0 Å². The van der Waals surface area contributed by atoms with E-state index in [4.69, 9.17) is 10.5 Å². The maximum atomic E-state index is 11.4. The van der Waals surface area contributed by atoms with Gasteiger partial charge in [-0.1, -0.05) is 12.1 Å². The Kier molecular flexibility index (Phi) is 2.64. The molecule has 2 aliphatic heterocycles. The zero-order chi connectivity index (χ0) is 12.8. The molecule has 3 N–H and O–H groups in total. The number of nitrogens with two attached hydrogens (primary N) is 1. The van der Waals surface area contributed by atoms with Crippen LogP contribution in [0.2, 0.25) is 0 Å². The lowest BCUT2D eigenvalue weighted by Gasteiger charge is -2.43. The first-order valence-electron chi connectivity index (χ1n) is 6.36. The molecular formula is C14H18N2O2. The zero-order valence-electron chi connectivity index (χ0n) is 10.5. The summed E-state index contributed by atoms with van der Waals surface area (Å²) >= 11 is 0. The molecule has 0 radical (unpaired) electrons. The molecule has 4 nitrogen and oxygen atoms in total. The van der Waals surface area contributed by atoms with Crippen LogP contribution in [0.5, 0.6) is 0 Å². The molecule has 3 rings (SSSR count). The third-order valence-corrected chi connectivity index (χ3v) is 3.81. The average molecular weight is 246 g/mol. The summed E-state index contributed by atoms with van der Waals surface area (Å²) in [6, 6.07) is 6.38. The van der Waals surface area contributed by atoms with Crippen molar-refractivity contribution in [3.63, 3.8) is 0 Å². The minimum absolute atomic E-state index is 0.0504. The summed E-state index contributed by atoms with van der Waals surface area (Å²) in [7, 11) is 0. The molecule has 0 bridgehead atoms. The SMILES string of the molecule is CC(N)CC1(c2ccc3c(c2)CC(=O)N3)COC1. The Bertz CT molecular complexity index is 493. The van der Waals surface area contributed by atoms with Gasteiger partial charge in [-0.3, -0.25) is 4.79 Å². The molecule has 4 heteroatoms. The average Bonchev–Trinajstić information content (AvgIpc) is 2.62. The molecular weight excluding hydrogens is 228 g/mol. The van der Waals surface area contributed by atoms with Gasteiger partial charge < -0.3 is 15.8 Å². The van der Waals surface area contributed by atoms with Crippen molar-refractivity contribution < 1.29 is 9.53 Å². The fourth-order valence-corrected chi connectivity index (χ4v) is 2.93. The molecule has 0 spiro atoms. The van der Waals surface area contributed by atoms with E-state index in [9.17, 15) is 4.79 Å². The normalized spacial score (nSPS) is 22.0. The van der Waals surface area contributed by atoms with Crippen LogP contribution in [-0.4, -0.2) is 25.2 Å². The van der Waals surface area contributed by atoms with Gasteiger partial charge in [0.15, 0.2) is 0 Å². The monoisotopic (exact) mass is 246 g/mol. The van der Waals surface area contributed by atoms with E-state index >= 15 is 0 Å². The number of benzene rings is 1. The third kappa shape index (κ3) is 1.82. The quantitative estimate of drug-likeness (QED) is 0.842. The highest BCUT2D eigenvalue weighted by Gasteiger charge is 2.41. The van der Waals surface area contributed by atoms with Crippen LogP contribution >= 0.6 is 0 Å². The fourth-order valence-electron chi connectivity index (χ4n) is 2.93. The van der Waals surface area contributed by atoms with Gasteiger partial charge in [0.1, 0.15) is 0 Å². The standard InChI is InChI=1S/C14H18N2O2/c1-9(15)6-14(7-18-8-14)11-2-3-12-10(4-11)5-13(17)16-12/h2-4,9H,5-8,15H2,1H3,(H,16,17). The molecule has 96 valence electrons. The molecule has 1 fully saturated rings. The topological polar surface area (TPSA) is 64.4 Å². The Morgan fingerprint density at radius 2 is 2.28 bits per heavy atom. The lowest BCUT2D eigenvalue weighted by Crippen LogP contribution is -2.49. The van der Waals surface area contributed by atoms with Gasteiger partial charge >= 0.3 is 0 Å². The summed E-state index contributed by atoms with van der Waals surface area (Å²) in [5, 5.41) is 2.86. The van der Waals surface area contributed by atoms with Gasteiger partial charge in [0, 0.05) is 17.1 Å². The van der Waals surface area contributed by atoms with Crippen LogP contribution in [0.15, 0.2) is 18.2 Å². The summed E-state index contributed by atoms with van der Waals surface area (Å²) in [4.78, 5) is 11.4. The summed E-state index contributed by atoms with van der Waals surface area (Å²) in [6.45, 7) is 3.49. The molecule has 1 unspecified atom stereocenters. The maximum Gasteiger partial charge on any atom is 0.228 e. The second kappa shape index (κ2) is 4.07. The van der Waals surface area contributed by atoms with Crippen LogP contribution in [0.3, 0.4) is 0 Å². The van der Waals surface area contributed by atoms with Crippen LogP contribution in [0, 0.1) is 0 Å². The number of rotatable bonds is 3. The summed E-state index contributed by atoms with van der Waals surface area (Å²) in [5.74, 6) is 0.0771. The van der Waals surface area contributed by atoms with Gasteiger partial charge in [-0.15, -0.1) is 0 Å². The summed E-state index contributed by atoms with van der Waals surface area (Å²) in [5.41, 5.74) is 9.28. The van der Waals surface area contributed by atoms with Crippen molar-refractivity contribution in [2.45, 2.75) is 31.2 Å². The Labute approximate surface area is 107 Å². The Balaban J connectivity index is 1.92. The highest BCUT2D eigenvalue weighted by molar-refractivity contribution is 5.99. The number of fused-ring (bicyclic) bond motifs is 1. The highest BCUT2D eigenvalue weighted by Crippen LogP contribution is 2.38. The van der Waals surface area contributed by atoms with E-state index in [0.29, 0.717) is 6.42 Å². The molecule has 1 saturated heterocycles. The minimum atomic E-state index is 0.0504. The van der Waals surface area contributed by atoms with Crippen molar-refractivity contribution in [3.8, 4) is 0 Å². The van der Waals surface area contributed by atoms with Gasteiger partial charge in [-0.25, -0.2) is 0 Å². The van der Waals surface area contributed by atoms with E-state index in [1.165, 1.54) is 5.56 Å². The number of anilines is 1. The second-order valence-corrected chi connectivity index (χ2v) is 5.55. The first-order valence-corrected chi connectivity index (χ1v) is 6.36. The maximum absolute atomic E-state index is 11.4. The van der Waals surface area contributed by atoms with Gasteiger partial charge in [0.05, 0.1) is 19.6 Å². The Hall–Kier alpha value is -1.39. The van der Waals surface area contributed by atoms with Crippen molar-refractivity contribution in [2.75, 3.05) is 18.5 Å². The van der Waals surface area contributed by atoms with Crippen LogP contribution in [-0.2, 0) is 21.4 Å².